The molecule has 0 saturated heterocycles. The number of thiocarbonyl (C=S) groups is 1. The lowest BCUT2D eigenvalue weighted by atomic mass is 10.1. The highest BCUT2D eigenvalue weighted by Crippen LogP contribution is 2.25. The van der Waals surface area contributed by atoms with E-state index >= 15 is 0 Å². The number of benzene rings is 1. The number of hydrogen-bond donors (Lipinski definition) is 2. The van der Waals surface area contributed by atoms with Crippen molar-refractivity contribution in [3.63, 3.8) is 0 Å². The van der Waals surface area contributed by atoms with Crippen LogP contribution in [-0.2, 0) is 0 Å². The molecule has 92 valence electrons. The van der Waals surface area contributed by atoms with Crippen LogP contribution in [0, 0.1) is 0 Å². The first-order valence-electron chi connectivity index (χ1n) is 4.62. The Hall–Kier alpha value is -1.86. The molecule has 1 aromatic carbocycles. The van der Waals surface area contributed by atoms with Crippen molar-refractivity contribution in [3.05, 3.63) is 23.8 Å². The van der Waals surface area contributed by atoms with Crippen LogP contribution in [0.1, 0.15) is 10.4 Å². The zero-order valence-electron chi connectivity index (χ0n) is 9.47. The number of carbonyl (C=O) groups excluding carboxylic acids is 1. The largest absolute Gasteiger partial charge is 0.497 e. The second kappa shape index (κ2) is 5.46. The molecule has 0 aliphatic heterocycles. The van der Waals surface area contributed by atoms with E-state index in [1.165, 1.54) is 20.3 Å². The van der Waals surface area contributed by atoms with Crippen LogP contribution in [0.4, 0.5) is 0 Å². The summed E-state index contributed by atoms with van der Waals surface area (Å²) < 4.78 is 10.1. The molecular formula is C10H13N3O3S. The molecule has 0 heterocycles. The number of hydrazine groups is 1. The molecule has 0 spiro atoms. The van der Waals surface area contributed by atoms with Gasteiger partial charge in [-0.3, -0.25) is 4.79 Å². The van der Waals surface area contributed by atoms with Gasteiger partial charge in [0.15, 0.2) is 5.11 Å². The van der Waals surface area contributed by atoms with E-state index in [9.17, 15) is 4.79 Å². The minimum absolute atomic E-state index is 0.215. The van der Waals surface area contributed by atoms with Gasteiger partial charge in [-0.2, -0.15) is 0 Å². The first kappa shape index (κ1) is 13.2. The molecule has 4 N–H and O–H groups in total. The monoisotopic (exact) mass is 255 g/mol. The third kappa shape index (κ3) is 2.83. The van der Waals surface area contributed by atoms with E-state index in [0.717, 1.165) is 0 Å². The van der Waals surface area contributed by atoms with E-state index in [0.29, 0.717) is 16.5 Å². The molecule has 0 aromatic heterocycles. The van der Waals surface area contributed by atoms with Crippen LogP contribution in [0.15, 0.2) is 18.2 Å². The number of carbonyl (C=O) groups is 1. The number of hydrogen-bond acceptors (Lipinski definition) is 5. The average molecular weight is 255 g/mol. The topological polar surface area (TPSA) is 90.8 Å². The van der Waals surface area contributed by atoms with E-state index in [1.807, 2.05) is 0 Å². The van der Waals surface area contributed by atoms with E-state index in [4.69, 9.17) is 21.1 Å². The van der Waals surface area contributed by atoms with Gasteiger partial charge in [-0.05, 0) is 24.4 Å². The van der Waals surface area contributed by atoms with Crippen molar-refractivity contribution in [2.24, 2.45) is 11.6 Å². The smallest absolute Gasteiger partial charge is 0.278 e. The molecule has 1 rings (SSSR count). The van der Waals surface area contributed by atoms with Crippen molar-refractivity contribution in [3.8, 4) is 11.5 Å². The lowest BCUT2D eigenvalue weighted by Crippen LogP contribution is -2.45. The van der Waals surface area contributed by atoms with Crippen molar-refractivity contribution in [1.82, 2.24) is 5.01 Å². The molecule has 17 heavy (non-hydrogen) atoms. The van der Waals surface area contributed by atoms with Crippen LogP contribution >= 0.6 is 12.2 Å². The standard InChI is InChI=1S/C10H13N3O3S/c1-15-6-3-4-7(8(5-6)16-2)9(14)13(12)10(11)17/h3-5H,12H2,1-2H3,(H2,11,17). The lowest BCUT2D eigenvalue weighted by molar-refractivity contribution is 0.0845. The quantitative estimate of drug-likeness (QED) is 0.348. The summed E-state index contributed by atoms with van der Waals surface area (Å²) in [6.07, 6.45) is 0. The highest BCUT2D eigenvalue weighted by molar-refractivity contribution is 7.80. The Bertz CT molecular complexity index is 450. The molecule has 0 atom stereocenters. The summed E-state index contributed by atoms with van der Waals surface area (Å²) >= 11 is 4.61. The Morgan fingerprint density at radius 3 is 2.47 bits per heavy atom. The van der Waals surface area contributed by atoms with E-state index in [1.54, 1.807) is 12.1 Å². The van der Waals surface area contributed by atoms with Crippen LogP contribution in [0.5, 0.6) is 11.5 Å². The second-order valence-corrected chi connectivity index (χ2v) is 3.50. The van der Waals surface area contributed by atoms with E-state index in [-0.39, 0.29) is 10.7 Å². The molecule has 0 saturated carbocycles. The maximum atomic E-state index is 11.9. The van der Waals surface area contributed by atoms with Crippen molar-refractivity contribution < 1.29 is 14.3 Å². The van der Waals surface area contributed by atoms with E-state index < -0.39 is 5.91 Å². The fraction of sp³-hybridized carbons (Fsp3) is 0.200. The number of nitrogens with zero attached hydrogens (tertiary/aromatic N) is 1. The molecule has 1 aromatic rings. The van der Waals surface area contributed by atoms with Gasteiger partial charge < -0.3 is 15.2 Å². The fourth-order valence-corrected chi connectivity index (χ4v) is 1.29. The van der Waals surface area contributed by atoms with Crippen molar-refractivity contribution >= 4 is 23.2 Å². The summed E-state index contributed by atoms with van der Waals surface area (Å²) in [7, 11) is 2.95. The van der Waals surface area contributed by atoms with Gasteiger partial charge in [0.25, 0.3) is 5.91 Å². The van der Waals surface area contributed by atoms with Gasteiger partial charge in [0.2, 0.25) is 0 Å². The van der Waals surface area contributed by atoms with Crippen molar-refractivity contribution in [2.75, 3.05) is 14.2 Å². The number of amides is 1. The highest BCUT2D eigenvalue weighted by atomic mass is 32.1. The Morgan fingerprint density at radius 2 is 2.00 bits per heavy atom. The van der Waals surface area contributed by atoms with Gasteiger partial charge in [0.05, 0.1) is 19.8 Å². The molecule has 0 unspecified atom stereocenters. The highest BCUT2D eigenvalue weighted by Gasteiger charge is 2.19. The third-order valence-electron chi connectivity index (χ3n) is 2.10. The molecule has 0 bridgehead atoms. The van der Waals surface area contributed by atoms with Gasteiger partial charge >= 0.3 is 0 Å². The number of nitrogens with two attached hydrogens (primary N) is 2. The Balaban J connectivity index is 3.13. The summed E-state index contributed by atoms with van der Waals surface area (Å²) in [5, 5.41) is 0.465. The maximum Gasteiger partial charge on any atom is 0.278 e. The summed E-state index contributed by atoms with van der Waals surface area (Å²) in [4.78, 5) is 11.9. The fourth-order valence-electron chi connectivity index (χ4n) is 1.21. The van der Waals surface area contributed by atoms with Gasteiger partial charge in [-0.1, -0.05) is 0 Å². The summed E-state index contributed by atoms with van der Waals surface area (Å²) in [5.74, 6) is 5.77. The molecule has 0 fully saturated rings. The minimum Gasteiger partial charge on any atom is -0.497 e. The van der Waals surface area contributed by atoms with Crippen molar-refractivity contribution in [1.29, 1.82) is 0 Å². The van der Waals surface area contributed by atoms with Crippen LogP contribution in [0.3, 0.4) is 0 Å². The summed E-state index contributed by atoms with van der Waals surface area (Å²) in [5.41, 5.74) is 5.52. The molecule has 0 aliphatic rings. The van der Waals surface area contributed by atoms with Gasteiger partial charge in [-0.15, -0.1) is 0 Å². The Morgan fingerprint density at radius 1 is 1.35 bits per heavy atom. The molecule has 1 amide bonds. The lowest BCUT2D eigenvalue weighted by Gasteiger charge is -2.16. The van der Waals surface area contributed by atoms with Gasteiger partial charge in [-0.25, -0.2) is 10.9 Å². The predicted octanol–water partition coefficient (Wildman–Crippen LogP) is 0.263. The number of methoxy groups -OCH3 is 2. The Kier molecular flexibility index (Phi) is 4.24. The maximum absolute atomic E-state index is 11.9. The third-order valence-corrected chi connectivity index (χ3v) is 2.29. The normalized spacial score (nSPS) is 9.59. The minimum atomic E-state index is -0.544. The average Bonchev–Trinajstić information content (AvgIpc) is 2.35. The SMILES string of the molecule is COc1ccc(C(=O)N(N)C(N)=S)c(OC)c1. The first-order valence-corrected chi connectivity index (χ1v) is 5.02. The molecular weight excluding hydrogens is 242 g/mol. The second-order valence-electron chi connectivity index (χ2n) is 3.08. The molecule has 0 aliphatic carbocycles. The van der Waals surface area contributed by atoms with Crippen LogP contribution in [0.2, 0.25) is 0 Å². The first-order chi connectivity index (χ1) is 8.01. The number of ether oxygens (including phenoxy) is 2. The Labute approximate surface area is 104 Å². The van der Waals surface area contributed by atoms with Crippen LogP contribution < -0.4 is 21.1 Å². The van der Waals surface area contributed by atoms with Gasteiger partial charge in [0, 0.05) is 6.07 Å². The van der Waals surface area contributed by atoms with E-state index in [2.05, 4.69) is 12.2 Å². The number of rotatable bonds is 3. The molecule has 0 radical (unpaired) electrons. The van der Waals surface area contributed by atoms with Gasteiger partial charge in [0.1, 0.15) is 11.5 Å². The summed E-state index contributed by atoms with van der Waals surface area (Å²) in [6.45, 7) is 0. The van der Waals surface area contributed by atoms with Crippen LogP contribution in [-0.4, -0.2) is 30.2 Å². The van der Waals surface area contributed by atoms with Crippen LogP contribution in [0.25, 0.3) is 0 Å². The predicted molar refractivity (Wildman–Crippen MR) is 66.7 cm³/mol. The molecule has 7 heteroatoms. The van der Waals surface area contributed by atoms with Crippen molar-refractivity contribution in [2.45, 2.75) is 0 Å². The molecule has 6 nitrogen and oxygen atoms in total. The zero-order valence-corrected chi connectivity index (χ0v) is 10.3. The summed E-state index contributed by atoms with van der Waals surface area (Å²) in [6, 6.07) is 4.71. The zero-order chi connectivity index (χ0) is 13.0.